The van der Waals surface area contributed by atoms with Crippen LogP contribution in [0.4, 0.5) is 0 Å². The number of nitrogens with one attached hydrogen (secondary N) is 1. The number of terminal acetylenes is 1. The molecule has 0 saturated carbocycles. The number of carbonyl (C=O) groups excluding carboxylic acids is 1. The van der Waals surface area contributed by atoms with Gasteiger partial charge >= 0.3 is 0 Å². The van der Waals surface area contributed by atoms with Gasteiger partial charge in [-0.1, -0.05) is 29.8 Å². The van der Waals surface area contributed by atoms with Crippen molar-refractivity contribution < 1.29 is 4.79 Å². The minimum Gasteiger partial charge on any atom is -0.356 e. The van der Waals surface area contributed by atoms with Gasteiger partial charge in [-0.05, 0) is 18.9 Å². The molecule has 84 valence electrons. The molecule has 0 radical (unpaired) electrons. The highest BCUT2D eigenvalue weighted by molar-refractivity contribution is 5.78. The van der Waals surface area contributed by atoms with E-state index in [0.29, 0.717) is 19.4 Å². The Kier molecular flexibility index (Phi) is 5.15. The average Bonchev–Trinajstić information content (AvgIpc) is 2.28. The van der Waals surface area contributed by atoms with Crippen LogP contribution >= 0.6 is 0 Å². The fourth-order valence-electron chi connectivity index (χ4n) is 1.37. The molecule has 1 N–H and O–H groups in total. The topological polar surface area (TPSA) is 29.1 Å². The molecule has 0 aliphatic heterocycles. The summed E-state index contributed by atoms with van der Waals surface area (Å²) < 4.78 is 0. The Labute approximate surface area is 97.1 Å². The second-order valence-electron chi connectivity index (χ2n) is 3.82. The number of amides is 1. The van der Waals surface area contributed by atoms with E-state index in [1.807, 2.05) is 31.2 Å². The van der Waals surface area contributed by atoms with Crippen molar-refractivity contribution in [3.05, 3.63) is 35.4 Å². The Morgan fingerprint density at radius 2 is 2.06 bits per heavy atom. The van der Waals surface area contributed by atoms with Gasteiger partial charge < -0.3 is 5.32 Å². The molecule has 0 fully saturated rings. The maximum absolute atomic E-state index is 11.5. The number of benzene rings is 1. The summed E-state index contributed by atoms with van der Waals surface area (Å²) in [4.78, 5) is 11.5. The SMILES string of the molecule is C#CCCCNC(=O)Cc1ccc(C)cc1. The first-order chi connectivity index (χ1) is 7.72. The third-order valence-corrected chi connectivity index (χ3v) is 2.31. The van der Waals surface area contributed by atoms with Gasteiger partial charge in [0.2, 0.25) is 5.91 Å². The molecule has 2 nitrogen and oxygen atoms in total. The van der Waals surface area contributed by atoms with E-state index in [1.165, 1.54) is 5.56 Å². The molecule has 0 unspecified atom stereocenters. The quantitative estimate of drug-likeness (QED) is 0.591. The maximum Gasteiger partial charge on any atom is 0.224 e. The van der Waals surface area contributed by atoms with Crippen LogP contribution < -0.4 is 5.32 Å². The van der Waals surface area contributed by atoms with Gasteiger partial charge in [0, 0.05) is 13.0 Å². The van der Waals surface area contributed by atoms with Crippen LogP contribution in [0.3, 0.4) is 0 Å². The van der Waals surface area contributed by atoms with E-state index in [4.69, 9.17) is 6.42 Å². The number of carbonyl (C=O) groups is 1. The van der Waals surface area contributed by atoms with Gasteiger partial charge in [-0.15, -0.1) is 12.3 Å². The number of hydrogen-bond acceptors (Lipinski definition) is 1. The molecule has 1 amide bonds. The molecular weight excluding hydrogens is 198 g/mol. The first-order valence-corrected chi connectivity index (χ1v) is 5.48. The van der Waals surface area contributed by atoms with Gasteiger partial charge in [0.1, 0.15) is 0 Å². The van der Waals surface area contributed by atoms with Crippen LogP contribution in [0.1, 0.15) is 24.0 Å². The molecule has 0 atom stereocenters. The molecule has 1 aromatic rings. The van der Waals surface area contributed by atoms with Crippen LogP contribution in [0.5, 0.6) is 0 Å². The summed E-state index contributed by atoms with van der Waals surface area (Å²) in [6, 6.07) is 7.99. The molecule has 0 aromatic heterocycles. The first kappa shape index (κ1) is 12.3. The predicted molar refractivity (Wildman–Crippen MR) is 66.0 cm³/mol. The van der Waals surface area contributed by atoms with Crippen molar-refractivity contribution in [3.8, 4) is 12.3 Å². The Hall–Kier alpha value is -1.75. The lowest BCUT2D eigenvalue weighted by molar-refractivity contribution is -0.120. The Balaban J connectivity index is 2.29. The van der Waals surface area contributed by atoms with E-state index >= 15 is 0 Å². The lowest BCUT2D eigenvalue weighted by Crippen LogP contribution is -2.25. The lowest BCUT2D eigenvalue weighted by Gasteiger charge is -2.04. The van der Waals surface area contributed by atoms with E-state index in [2.05, 4.69) is 11.2 Å². The molecule has 16 heavy (non-hydrogen) atoms. The molecule has 1 rings (SSSR count). The maximum atomic E-state index is 11.5. The van der Waals surface area contributed by atoms with Gasteiger partial charge in [0.05, 0.1) is 6.42 Å². The summed E-state index contributed by atoms with van der Waals surface area (Å²) in [5.41, 5.74) is 2.25. The van der Waals surface area contributed by atoms with Gasteiger partial charge in [-0.3, -0.25) is 4.79 Å². The lowest BCUT2D eigenvalue weighted by atomic mass is 10.1. The van der Waals surface area contributed by atoms with Crippen LogP contribution in [0.2, 0.25) is 0 Å². The van der Waals surface area contributed by atoms with E-state index in [9.17, 15) is 4.79 Å². The van der Waals surface area contributed by atoms with E-state index < -0.39 is 0 Å². The molecule has 0 bridgehead atoms. The number of unbranched alkanes of at least 4 members (excludes halogenated alkanes) is 1. The van der Waals surface area contributed by atoms with Crippen molar-refractivity contribution in [2.75, 3.05) is 6.54 Å². The zero-order valence-electron chi connectivity index (χ0n) is 9.62. The van der Waals surface area contributed by atoms with Gasteiger partial charge in [0.25, 0.3) is 0 Å². The molecule has 1 aromatic carbocycles. The molecule has 0 spiro atoms. The summed E-state index contributed by atoms with van der Waals surface area (Å²) in [7, 11) is 0. The summed E-state index contributed by atoms with van der Waals surface area (Å²) in [5.74, 6) is 2.60. The standard InChI is InChI=1S/C14H17NO/c1-3-4-5-10-15-14(16)11-13-8-6-12(2)7-9-13/h1,6-9H,4-5,10-11H2,2H3,(H,15,16). The van der Waals surface area contributed by atoms with Crippen molar-refractivity contribution in [3.63, 3.8) is 0 Å². The van der Waals surface area contributed by atoms with Crippen LogP contribution in [-0.2, 0) is 11.2 Å². The Morgan fingerprint density at radius 3 is 2.69 bits per heavy atom. The van der Waals surface area contributed by atoms with Gasteiger partial charge in [-0.25, -0.2) is 0 Å². The summed E-state index contributed by atoms with van der Waals surface area (Å²) in [5, 5.41) is 2.85. The van der Waals surface area contributed by atoms with E-state index in [-0.39, 0.29) is 5.91 Å². The number of aryl methyl sites for hydroxylation is 1. The predicted octanol–water partition coefficient (Wildman–Crippen LogP) is 2.07. The third-order valence-electron chi connectivity index (χ3n) is 2.31. The smallest absolute Gasteiger partial charge is 0.224 e. The normalized spacial score (nSPS) is 9.50. The number of hydrogen-bond donors (Lipinski definition) is 1. The summed E-state index contributed by atoms with van der Waals surface area (Å²) in [6.45, 7) is 2.69. The summed E-state index contributed by atoms with van der Waals surface area (Å²) in [6.07, 6.45) is 7.12. The highest BCUT2D eigenvalue weighted by atomic mass is 16.1. The van der Waals surface area contributed by atoms with Crippen molar-refractivity contribution >= 4 is 5.91 Å². The second kappa shape index (κ2) is 6.68. The monoisotopic (exact) mass is 215 g/mol. The third kappa shape index (κ3) is 4.65. The highest BCUT2D eigenvalue weighted by Crippen LogP contribution is 2.03. The highest BCUT2D eigenvalue weighted by Gasteiger charge is 2.01. The largest absolute Gasteiger partial charge is 0.356 e. The fourth-order valence-corrected chi connectivity index (χ4v) is 1.37. The van der Waals surface area contributed by atoms with Crippen LogP contribution in [0.15, 0.2) is 24.3 Å². The van der Waals surface area contributed by atoms with Crippen LogP contribution in [0.25, 0.3) is 0 Å². The van der Waals surface area contributed by atoms with E-state index in [1.54, 1.807) is 0 Å². The van der Waals surface area contributed by atoms with Crippen LogP contribution in [-0.4, -0.2) is 12.5 Å². The Morgan fingerprint density at radius 1 is 1.38 bits per heavy atom. The zero-order valence-corrected chi connectivity index (χ0v) is 9.62. The molecule has 0 aliphatic carbocycles. The fraction of sp³-hybridized carbons (Fsp3) is 0.357. The van der Waals surface area contributed by atoms with Crippen molar-refractivity contribution in [1.82, 2.24) is 5.32 Å². The summed E-state index contributed by atoms with van der Waals surface area (Å²) >= 11 is 0. The number of rotatable bonds is 5. The molecular formula is C14H17NO. The van der Waals surface area contributed by atoms with Gasteiger partial charge in [0.15, 0.2) is 0 Å². The molecule has 0 saturated heterocycles. The first-order valence-electron chi connectivity index (χ1n) is 5.48. The second-order valence-corrected chi connectivity index (χ2v) is 3.82. The van der Waals surface area contributed by atoms with Crippen LogP contribution in [0, 0.1) is 19.3 Å². The van der Waals surface area contributed by atoms with E-state index in [0.717, 1.165) is 12.0 Å². The Bertz CT molecular complexity index is 373. The molecule has 0 aliphatic rings. The van der Waals surface area contributed by atoms with Crippen molar-refractivity contribution in [1.29, 1.82) is 0 Å². The molecule has 2 heteroatoms. The van der Waals surface area contributed by atoms with Gasteiger partial charge in [-0.2, -0.15) is 0 Å². The van der Waals surface area contributed by atoms with Crippen molar-refractivity contribution in [2.45, 2.75) is 26.2 Å². The minimum absolute atomic E-state index is 0.0564. The zero-order chi connectivity index (χ0) is 11.8. The minimum atomic E-state index is 0.0564. The average molecular weight is 215 g/mol. The molecule has 0 heterocycles. The van der Waals surface area contributed by atoms with Crippen molar-refractivity contribution in [2.24, 2.45) is 0 Å².